The second-order valence-electron chi connectivity index (χ2n) is 6.82. The largest absolute Gasteiger partial charge is 0.494 e. The minimum Gasteiger partial charge on any atom is -0.494 e. The first-order chi connectivity index (χ1) is 13.2. The van der Waals surface area contributed by atoms with Gasteiger partial charge < -0.3 is 9.47 Å². The summed E-state index contributed by atoms with van der Waals surface area (Å²) in [6.45, 7) is 2.92. The first kappa shape index (κ1) is 19.2. The van der Waals surface area contributed by atoms with E-state index >= 15 is 0 Å². The van der Waals surface area contributed by atoms with Crippen molar-refractivity contribution in [3.63, 3.8) is 0 Å². The number of halogens is 1. The summed E-state index contributed by atoms with van der Waals surface area (Å²) in [5, 5.41) is 0. The molecule has 0 heterocycles. The average molecular weight is 371 g/mol. The van der Waals surface area contributed by atoms with E-state index in [-0.39, 0.29) is 5.82 Å². The van der Waals surface area contributed by atoms with Gasteiger partial charge in [0, 0.05) is 0 Å². The molecule has 0 saturated heterocycles. The Morgan fingerprint density at radius 3 is 2.19 bits per heavy atom. The van der Waals surface area contributed by atoms with Gasteiger partial charge >= 0.3 is 6.09 Å². The molecule has 0 radical (unpaired) electrons. The Balaban J connectivity index is 1.78. The van der Waals surface area contributed by atoms with Crippen molar-refractivity contribution in [3.05, 3.63) is 54.3 Å². The molecule has 0 N–H and O–H groups in total. The number of benzene rings is 2. The number of rotatable bonds is 6. The number of carbonyl (C=O) groups is 1. The highest BCUT2D eigenvalue weighted by molar-refractivity contribution is 5.96. The van der Waals surface area contributed by atoms with Crippen LogP contribution in [0, 0.1) is 11.7 Å². The molecule has 5 heteroatoms. The van der Waals surface area contributed by atoms with Crippen LogP contribution in [0.4, 0.5) is 20.6 Å². The third-order valence-electron chi connectivity index (χ3n) is 4.84. The van der Waals surface area contributed by atoms with E-state index in [4.69, 9.17) is 9.47 Å². The van der Waals surface area contributed by atoms with Crippen molar-refractivity contribution < 1.29 is 18.7 Å². The maximum atomic E-state index is 13.3. The summed E-state index contributed by atoms with van der Waals surface area (Å²) in [4.78, 5) is 14.3. The van der Waals surface area contributed by atoms with E-state index in [2.05, 4.69) is 0 Å². The highest BCUT2D eigenvalue weighted by Gasteiger charge is 2.22. The predicted molar refractivity (Wildman–Crippen MR) is 104 cm³/mol. The number of nitrogens with zero attached hydrogens (tertiary/aromatic N) is 1. The van der Waals surface area contributed by atoms with Crippen molar-refractivity contribution in [2.24, 2.45) is 5.92 Å². The van der Waals surface area contributed by atoms with Gasteiger partial charge in [-0.1, -0.05) is 19.3 Å². The van der Waals surface area contributed by atoms with E-state index in [1.54, 1.807) is 24.3 Å². The quantitative estimate of drug-likeness (QED) is 0.618. The van der Waals surface area contributed by atoms with Crippen molar-refractivity contribution in [3.8, 4) is 5.75 Å². The summed E-state index contributed by atoms with van der Waals surface area (Å²) in [5.74, 6) is 0.815. The molecule has 0 unspecified atom stereocenters. The third-order valence-corrected chi connectivity index (χ3v) is 4.84. The summed E-state index contributed by atoms with van der Waals surface area (Å²) in [7, 11) is 0. The fourth-order valence-corrected chi connectivity index (χ4v) is 3.42. The Bertz CT molecular complexity index is 724. The molecule has 2 aromatic carbocycles. The molecule has 27 heavy (non-hydrogen) atoms. The average Bonchev–Trinajstić information content (AvgIpc) is 2.70. The van der Waals surface area contributed by atoms with E-state index in [1.165, 1.54) is 36.3 Å². The number of ether oxygens (including phenoxy) is 2. The number of hydrogen-bond acceptors (Lipinski definition) is 3. The van der Waals surface area contributed by atoms with Gasteiger partial charge in [0.1, 0.15) is 11.6 Å². The summed E-state index contributed by atoms with van der Waals surface area (Å²) >= 11 is 0. The lowest BCUT2D eigenvalue weighted by atomic mass is 9.90. The number of hydrogen-bond donors (Lipinski definition) is 0. The minimum atomic E-state index is -0.448. The summed E-state index contributed by atoms with van der Waals surface area (Å²) in [5.41, 5.74) is 1.22. The van der Waals surface area contributed by atoms with Crippen LogP contribution in [0.2, 0.25) is 0 Å². The molecular formula is C22H26FNO3. The lowest BCUT2D eigenvalue weighted by molar-refractivity contribution is 0.124. The van der Waals surface area contributed by atoms with Gasteiger partial charge in [0.15, 0.2) is 0 Å². The SMILES string of the molecule is CCOc1ccc(N(C(=O)OCC2CCCCC2)c2ccc(F)cc2)cc1. The predicted octanol–water partition coefficient (Wildman–Crippen LogP) is 6.08. The van der Waals surface area contributed by atoms with Crippen LogP contribution in [0.3, 0.4) is 0 Å². The van der Waals surface area contributed by atoms with Crippen LogP contribution < -0.4 is 9.64 Å². The maximum absolute atomic E-state index is 13.3. The molecule has 1 amide bonds. The van der Waals surface area contributed by atoms with E-state index in [1.807, 2.05) is 19.1 Å². The monoisotopic (exact) mass is 371 g/mol. The number of amides is 1. The maximum Gasteiger partial charge on any atom is 0.418 e. The summed E-state index contributed by atoms with van der Waals surface area (Å²) in [6, 6.07) is 13.1. The van der Waals surface area contributed by atoms with Gasteiger partial charge in [-0.2, -0.15) is 0 Å². The normalized spacial score (nSPS) is 14.6. The number of anilines is 2. The van der Waals surface area contributed by atoms with Crippen LogP contribution in [0.25, 0.3) is 0 Å². The third kappa shape index (κ3) is 5.22. The molecule has 0 bridgehead atoms. The van der Waals surface area contributed by atoms with Crippen LogP contribution in [0.15, 0.2) is 48.5 Å². The second-order valence-corrected chi connectivity index (χ2v) is 6.82. The second kappa shape index (κ2) is 9.40. The molecule has 0 aliphatic heterocycles. The smallest absolute Gasteiger partial charge is 0.418 e. The standard InChI is InChI=1S/C22H26FNO3/c1-2-26-21-14-12-20(13-15-21)24(19-10-8-18(23)9-11-19)22(25)27-16-17-6-4-3-5-7-17/h8-15,17H,2-7,16H2,1H3. The Hall–Kier alpha value is -2.56. The molecule has 4 nitrogen and oxygen atoms in total. The molecule has 1 saturated carbocycles. The zero-order chi connectivity index (χ0) is 19.1. The fourth-order valence-electron chi connectivity index (χ4n) is 3.42. The summed E-state index contributed by atoms with van der Waals surface area (Å²) < 4.78 is 24.4. The highest BCUT2D eigenvalue weighted by Crippen LogP contribution is 2.29. The minimum absolute atomic E-state index is 0.346. The first-order valence-electron chi connectivity index (χ1n) is 9.62. The van der Waals surface area contributed by atoms with Gasteiger partial charge in [-0.15, -0.1) is 0 Å². The molecule has 3 rings (SSSR count). The van der Waals surface area contributed by atoms with E-state index in [0.717, 1.165) is 18.6 Å². The molecule has 0 atom stereocenters. The van der Waals surface area contributed by atoms with Gasteiger partial charge in [0.05, 0.1) is 24.6 Å². The zero-order valence-electron chi connectivity index (χ0n) is 15.7. The van der Waals surface area contributed by atoms with Crippen molar-refractivity contribution in [1.29, 1.82) is 0 Å². The van der Waals surface area contributed by atoms with Gasteiger partial charge in [0.2, 0.25) is 0 Å². The van der Waals surface area contributed by atoms with Gasteiger partial charge in [0.25, 0.3) is 0 Å². The van der Waals surface area contributed by atoms with Gasteiger partial charge in [-0.25, -0.2) is 14.1 Å². The fraction of sp³-hybridized carbons (Fsp3) is 0.409. The van der Waals surface area contributed by atoms with Gasteiger partial charge in [-0.3, -0.25) is 0 Å². The first-order valence-corrected chi connectivity index (χ1v) is 9.62. The van der Waals surface area contributed by atoms with Crippen LogP contribution >= 0.6 is 0 Å². The van der Waals surface area contributed by atoms with Crippen molar-refractivity contribution in [2.45, 2.75) is 39.0 Å². The topological polar surface area (TPSA) is 38.8 Å². The van der Waals surface area contributed by atoms with Crippen LogP contribution in [0.5, 0.6) is 5.75 Å². The molecule has 0 spiro atoms. The molecule has 1 aliphatic carbocycles. The number of carbonyl (C=O) groups excluding carboxylic acids is 1. The lowest BCUT2D eigenvalue weighted by Gasteiger charge is -2.25. The lowest BCUT2D eigenvalue weighted by Crippen LogP contribution is -2.29. The van der Waals surface area contributed by atoms with Crippen molar-refractivity contribution >= 4 is 17.5 Å². The van der Waals surface area contributed by atoms with Crippen LogP contribution in [-0.4, -0.2) is 19.3 Å². The Labute approximate surface area is 159 Å². The Morgan fingerprint density at radius 2 is 1.59 bits per heavy atom. The van der Waals surface area contributed by atoms with Crippen LogP contribution in [-0.2, 0) is 4.74 Å². The molecule has 2 aromatic rings. The van der Waals surface area contributed by atoms with Crippen LogP contribution in [0.1, 0.15) is 39.0 Å². The Morgan fingerprint density at radius 1 is 1.00 bits per heavy atom. The zero-order valence-corrected chi connectivity index (χ0v) is 15.7. The Kier molecular flexibility index (Phi) is 6.69. The molecule has 0 aromatic heterocycles. The molecule has 144 valence electrons. The molecule has 1 aliphatic rings. The van der Waals surface area contributed by atoms with Gasteiger partial charge in [-0.05, 0) is 74.2 Å². The van der Waals surface area contributed by atoms with Crippen molar-refractivity contribution in [1.82, 2.24) is 0 Å². The van der Waals surface area contributed by atoms with E-state index < -0.39 is 6.09 Å². The van der Waals surface area contributed by atoms with E-state index in [0.29, 0.717) is 30.5 Å². The van der Waals surface area contributed by atoms with E-state index in [9.17, 15) is 9.18 Å². The highest BCUT2D eigenvalue weighted by atomic mass is 19.1. The summed E-state index contributed by atoms with van der Waals surface area (Å²) in [6.07, 6.45) is 5.42. The molecular weight excluding hydrogens is 345 g/mol. The molecule has 1 fully saturated rings. The van der Waals surface area contributed by atoms with Crippen molar-refractivity contribution in [2.75, 3.05) is 18.1 Å².